The van der Waals surface area contributed by atoms with Gasteiger partial charge < -0.3 is 10.0 Å². The van der Waals surface area contributed by atoms with Crippen LogP contribution in [0.1, 0.15) is 52.9 Å². The van der Waals surface area contributed by atoms with Crippen molar-refractivity contribution in [2.24, 2.45) is 29.1 Å². The molecule has 160 valence electrons. The Kier molecular flexibility index (Phi) is 7.17. The van der Waals surface area contributed by atoms with Crippen LogP contribution in [-0.4, -0.2) is 56.3 Å². The lowest BCUT2D eigenvalue weighted by molar-refractivity contribution is -0.148. The monoisotopic (exact) mass is 413 g/mol. The highest BCUT2D eigenvalue weighted by Gasteiger charge is 2.54. The van der Waals surface area contributed by atoms with E-state index >= 15 is 0 Å². The Balaban J connectivity index is 2.18. The summed E-state index contributed by atoms with van der Waals surface area (Å²) in [4.78, 5) is 14.4. The van der Waals surface area contributed by atoms with Gasteiger partial charge in [0.05, 0.1) is 24.8 Å². The normalized spacial score (nSPS) is 36.8. The fourth-order valence-electron chi connectivity index (χ4n) is 5.59. The van der Waals surface area contributed by atoms with Gasteiger partial charge in [0.2, 0.25) is 15.9 Å². The number of hydrogen-bond acceptors (Lipinski definition) is 5. The zero-order valence-corrected chi connectivity index (χ0v) is 18.5. The largest absolute Gasteiger partial charge is 0.392 e. The number of fused-ring (bicyclic) bond motifs is 1. The molecule has 2 saturated carbocycles. The summed E-state index contributed by atoms with van der Waals surface area (Å²) in [6.45, 7) is 6.46. The molecule has 28 heavy (non-hydrogen) atoms. The summed E-state index contributed by atoms with van der Waals surface area (Å²) in [5, 5.41) is 20.0. The summed E-state index contributed by atoms with van der Waals surface area (Å²) in [6.07, 6.45) is 4.15. The topological polar surface area (TPSA) is 111 Å². The maximum atomic E-state index is 12.8. The molecule has 1 amide bonds. The lowest BCUT2D eigenvalue weighted by Gasteiger charge is -2.56. The van der Waals surface area contributed by atoms with Crippen LogP contribution in [0.4, 0.5) is 0 Å². The molecule has 0 spiro atoms. The number of hydrogen-bond donors (Lipinski definition) is 2. The molecule has 8 heteroatoms. The molecule has 2 rings (SSSR count). The van der Waals surface area contributed by atoms with Crippen molar-refractivity contribution in [2.75, 3.05) is 19.8 Å². The second kappa shape index (κ2) is 8.68. The van der Waals surface area contributed by atoms with Crippen molar-refractivity contribution in [3.05, 3.63) is 0 Å². The number of aliphatic hydroxyl groups excluding tert-OH is 1. The van der Waals surface area contributed by atoms with Gasteiger partial charge in [-0.25, -0.2) is 13.1 Å². The number of nitrogens with zero attached hydrogens (tertiary/aromatic N) is 2. The van der Waals surface area contributed by atoms with Crippen LogP contribution in [0.3, 0.4) is 0 Å². The van der Waals surface area contributed by atoms with E-state index in [0.717, 1.165) is 25.7 Å². The average Bonchev–Trinajstić information content (AvgIpc) is 2.60. The molecule has 7 atom stereocenters. The van der Waals surface area contributed by atoms with Gasteiger partial charge in [-0.2, -0.15) is 5.26 Å². The highest BCUT2D eigenvalue weighted by Crippen LogP contribution is 2.55. The van der Waals surface area contributed by atoms with Gasteiger partial charge in [0.25, 0.3) is 0 Å². The number of amides is 1. The summed E-state index contributed by atoms with van der Waals surface area (Å²) < 4.78 is 26.2. The minimum Gasteiger partial charge on any atom is -0.392 e. The molecule has 0 bridgehead atoms. The lowest BCUT2D eigenvalue weighted by atomic mass is 9.52. The number of sulfonamides is 1. The highest BCUT2D eigenvalue weighted by molar-refractivity contribution is 7.88. The van der Waals surface area contributed by atoms with E-state index in [1.54, 1.807) is 11.9 Å². The Hall–Kier alpha value is -1.17. The van der Waals surface area contributed by atoms with E-state index < -0.39 is 16.1 Å². The first-order valence-electron chi connectivity index (χ1n) is 10.2. The molecule has 2 aliphatic rings. The van der Waals surface area contributed by atoms with Gasteiger partial charge in [-0.3, -0.25) is 4.79 Å². The van der Waals surface area contributed by atoms with Crippen LogP contribution in [0.5, 0.6) is 0 Å². The smallest absolute Gasteiger partial charge is 0.225 e. The van der Waals surface area contributed by atoms with Crippen molar-refractivity contribution in [3.8, 4) is 6.07 Å². The Bertz CT molecular complexity index is 719. The minimum atomic E-state index is -3.31. The van der Waals surface area contributed by atoms with Gasteiger partial charge in [0.1, 0.15) is 0 Å². The molecule has 2 aliphatic carbocycles. The summed E-state index contributed by atoms with van der Waals surface area (Å²) >= 11 is 0. The lowest BCUT2D eigenvalue weighted by Crippen LogP contribution is -2.58. The fraction of sp³-hybridized carbons (Fsp3) is 0.900. The molecule has 0 aliphatic heterocycles. The van der Waals surface area contributed by atoms with E-state index in [1.165, 1.54) is 6.26 Å². The molecule has 7 unspecified atom stereocenters. The summed E-state index contributed by atoms with van der Waals surface area (Å²) in [5.41, 5.74) is -0.0412. The number of nitrogens with one attached hydrogen (secondary N) is 1. The molecular weight excluding hydrogens is 378 g/mol. The van der Waals surface area contributed by atoms with E-state index in [1.807, 2.05) is 13.8 Å². The molecular formula is C20H35N3O4S. The predicted octanol–water partition coefficient (Wildman–Crippen LogP) is 1.74. The standard InChI is InChI=1S/C20H35N3O4S/c1-13(19(25)23(4)12-6-11-21)15-7-9-20(3)10-8-16(22-28(5,26)27)14(2)17(20)18(15)24/h13-18,22,24H,6-10,12H2,1-5H3. The maximum absolute atomic E-state index is 12.8. The van der Waals surface area contributed by atoms with Crippen molar-refractivity contribution in [3.63, 3.8) is 0 Å². The second-order valence-electron chi connectivity index (χ2n) is 9.22. The Labute approximate surface area is 169 Å². The van der Waals surface area contributed by atoms with Gasteiger partial charge in [0.15, 0.2) is 0 Å². The number of aliphatic hydroxyl groups is 1. The number of nitriles is 1. The first-order valence-corrected chi connectivity index (χ1v) is 12.1. The van der Waals surface area contributed by atoms with Gasteiger partial charge in [0, 0.05) is 25.6 Å². The molecule has 0 saturated heterocycles. The molecule has 7 nitrogen and oxygen atoms in total. The minimum absolute atomic E-state index is 0.00936. The third kappa shape index (κ3) is 4.87. The van der Waals surface area contributed by atoms with Crippen molar-refractivity contribution in [1.29, 1.82) is 5.26 Å². The molecule has 2 fully saturated rings. The van der Waals surface area contributed by atoms with E-state index in [2.05, 4.69) is 17.7 Å². The van der Waals surface area contributed by atoms with Crippen molar-refractivity contribution in [2.45, 2.75) is 65.0 Å². The number of carbonyl (C=O) groups excluding carboxylic acids is 1. The van der Waals surface area contributed by atoms with Gasteiger partial charge >= 0.3 is 0 Å². The quantitative estimate of drug-likeness (QED) is 0.689. The van der Waals surface area contributed by atoms with Crippen LogP contribution in [0.2, 0.25) is 0 Å². The van der Waals surface area contributed by atoms with Gasteiger partial charge in [-0.1, -0.05) is 20.8 Å². The Morgan fingerprint density at radius 3 is 2.57 bits per heavy atom. The van der Waals surface area contributed by atoms with Crippen LogP contribution in [0, 0.1) is 40.4 Å². The first kappa shape index (κ1) is 23.1. The van der Waals surface area contributed by atoms with Crippen LogP contribution < -0.4 is 4.72 Å². The van der Waals surface area contributed by atoms with Crippen molar-refractivity contribution in [1.82, 2.24) is 9.62 Å². The van der Waals surface area contributed by atoms with Crippen LogP contribution in [0.25, 0.3) is 0 Å². The maximum Gasteiger partial charge on any atom is 0.225 e. The number of rotatable bonds is 6. The zero-order valence-electron chi connectivity index (χ0n) is 17.7. The first-order chi connectivity index (χ1) is 12.9. The van der Waals surface area contributed by atoms with Crippen LogP contribution in [0.15, 0.2) is 0 Å². The zero-order chi connectivity index (χ0) is 21.3. The Morgan fingerprint density at radius 1 is 1.39 bits per heavy atom. The van der Waals surface area contributed by atoms with Gasteiger partial charge in [-0.05, 0) is 48.9 Å². The molecule has 2 N–H and O–H groups in total. The third-order valence-electron chi connectivity index (χ3n) is 7.22. The van der Waals surface area contributed by atoms with Crippen molar-refractivity contribution >= 4 is 15.9 Å². The summed E-state index contributed by atoms with van der Waals surface area (Å²) in [5.74, 6) is -0.603. The van der Waals surface area contributed by atoms with Gasteiger partial charge in [-0.15, -0.1) is 0 Å². The van der Waals surface area contributed by atoms with E-state index in [-0.39, 0.29) is 41.0 Å². The summed E-state index contributed by atoms with van der Waals surface area (Å²) in [7, 11) is -1.61. The van der Waals surface area contributed by atoms with E-state index in [0.29, 0.717) is 13.0 Å². The second-order valence-corrected chi connectivity index (χ2v) is 11.0. The highest BCUT2D eigenvalue weighted by atomic mass is 32.2. The molecule has 0 aromatic rings. The number of carbonyl (C=O) groups is 1. The van der Waals surface area contributed by atoms with Crippen molar-refractivity contribution < 1.29 is 18.3 Å². The molecule has 0 aromatic heterocycles. The molecule has 0 aromatic carbocycles. The Morgan fingerprint density at radius 2 is 2.00 bits per heavy atom. The van der Waals surface area contributed by atoms with E-state index in [9.17, 15) is 18.3 Å². The van der Waals surface area contributed by atoms with Crippen LogP contribution in [-0.2, 0) is 14.8 Å². The predicted molar refractivity (Wildman–Crippen MR) is 108 cm³/mol. The third-order valence-corrected chi connectivity index (χ3v) is 7.95. The molecule has 0 heterocycles. The molecule has 0 radical (unpaired) electrons. The van der Waals surface area contributed by atoms with Crippen LogP contribution >= 0.6 is 0 Å². The fourth-order valence-corrected chi connectivity index (χ4v) is 6.48. The SMILES string of the molecule is CC(C(=O)N(C)CCC#N)C1CCC2(C)CCC(NS(C)(=O)=O)C(C)C2C1O. The average molecular weight is 414 g/mol. The van der Waals surface area contributed by atoms with E-state index in [4.69, 9.17) is 5.26 Å². The summed E-state index contributed by atoms with van der Waals surface area (Å²) in [6, 6.07) is 1.86.